The summed E-state index contributed by atoms with van der Waals surface area (Å²) in [6.07, 6.45) is 6.95. The van der Waals surface area contributed by atoms with Crippen molar-refractivity contribution in [3.05, 3.63) is 0 Å². The average Bonchev–Trinajstić information content (AvgIpc) is 2.42. The summed E-state index contributed by atoms with van der Waals surface area (Å²) >= 11 is 0. The number of Topliss-reactive ketones (excluding diaryl/α,β-unsaturated/α-hetero) is 1. The molecule has 0 spiro atoms. The van der Waals surface area contributed by atoms with E-state index < -0.39 is 0 Å². The van der Waals surface area contributed by atoms with Crippen LogP contribution in [0.15, 0.2) is 0 Å². The fourth-order valence-electron chi connectivity index (χ4n) is 6.41. The fraction of sp³-hybridized carbons (Fsp3) is 0.950. The van der Waals surface area contributed by atoms with E-state index in [1.54, 1.807) is 0 Å². The van der Waals surface area contributed by atoms with Gasteiger partial charge in [-0.1, -0.05) is 41.5 Å². The van der Waals surface area contributed by atoms with Gasteiger partial charge < -0.3 is 4.74 Å². The van der Waals surface area contributed by atoms with E-state index in [-0.39, 0.29) is 16.2 Å². The highest BCUT2D eigenvalue weighted by Crippen LogP contribution is 2.64. The summed E-state index contributed by atoms with van der Waals surface area (Å²) in [5.74, 6) is 0.943. The van der Waals surface area contributed by atoms with Gasteiger partial charge in [0.2, 0.25) is 0 Å². The van der Waals surface area contributed by atoms with Crippen molar-refractivity contribution in [1.29, 1.82) is 0 Å². The van der Waals surface area contributed by atoms with Gasteiger partial charge in [0.15, 0.2) is 0 Å². The highest BCUT2D eigenvalue weighted by atomic mass is 16.5. The lowest BCUT2D eigenvalue weighted by Crippen LogP contribution is -2.63. The molecule has 126 valence electrons. The molecule has 0 radical (unpaired) electrons. The molecule has 0 amide bonds. The third-order valence-electron chi connectivity index (χ3n) is 7.80. The summed E-state index contributed by atoms with van der Waals surface area (Å²) in [6.45, 7) is 14.8. The number of carbonyl (C=O) groups is 1. The molecule has 1 aliphatic heterocycles. The molecule has 3 rings (SSSR count). The van der Waals surface area contributed by atoms with Crippen molar-refractivity contribution in [2.24, 2.45) is 27.6 Å². The number of hydrogen-bond donors (Lipinski definition) is 0. The summed E-state index contributed by atoms with van der Waals surface area (Å²) in [5, 5.41) is 0. The van der Waals surface area contributed by atoms with Crippen LogP contribution in [0.5, 0.6) is 0 Å². The fourth-order valence-corrected chi connectivity index (χ4v) is 6.41. The van der Waals surface area contributed by atoms with E-state index in [2.05, 4.69) is 41.5 Å². The van der Waals surface area contributed by atoms with Crippen LogP contribution in [0.4, 0.5) is 0 Å². The van der Waals surface area contributed by atoms with Crippen molar-refractivity contribution >= 4 is 5.78 Å². The summed E-state index contributed by atoms with van der Waals surface area (Å²) in [5.41, 5.74) is 0.599. The van der Waals surface area contributed by atoms with E-state index in [0.29, 0.717) is 23.2 Å². The van der Waals surface area contributed by atoms with Crippen molar-refractivity contribution in [2.45, 2.75) is 86.2 Å². The van der Waals surface area contributed by atoms with Gasteiger partial charge in [-0.2, -0.15) is 0 Å². The second-order valence-electron chi connectivity index (χ2n) is 9.93. The smallest absolute Gasteiger partial charge is 0.138 e. The van der Waals surface area contributed by atoms with Gasteiger partial charge in [0.25, 0.3) is 0 Å². The molecule has 2 aliphatic carbocycles. The predicted molar refractivity (Wildman–Crippen MR) is 89.7 cm³/mol. The first-order chi connectivity index (χ1) is 10.1. The van der Waals surface area contributed by atoms with E-state index in [9.17, 15) is 4.79 Å². The number of ether oxygens (including phenoxy) is 1. The Labute approximate surface area is 136 Å². The number of ketones is 1. The zero-order valence-corrected chi connectivity index (χ0v) is 15.4. The second-order valence-corrected chi connectivity index (χ2v) is 9.93. The van der Waals surface area contributed by atoms with Crippen LogP contribution in [-0.4, -0.2) is 18.5 Å². The highest BCUT2D eigenvalue weighted by molar-refractivity contribution is 5.85. The lowest BCUT2D eigenvalue weighted by atomic mass is 9.44. The maximum absolute atomic E-state index is 12.5. The summed E-state index contributed by atoms with van der Waals surface area (Å²) in [6, 6.07) is 0. The molecule has 1 saturated heterocycles. The molecule has 22 heavy (non-hydrogen) atoms. The summed E-state index contributed by atoms with van der Waals surface area (Å²) in [7, 11) is 0. The van der Waals surface area contributed by atoms with E-state index >= 15 is 0 Å². The summed E-state index contributed by atoms with van der Waals surface area (Å²) < 4.78 is 6.58. The third-order valence-corrected chi connectivity index (χ3v) is 7.80. The molecule has 3 aliphatic rings. The van der Waals surface area contributed by atoms with Gasteiger partial charge in [-0.05, 0) is 54.3 Å². The lowest BCUT2D eigenvalue weighted by Gasteiger charge is -2.64. The number of rotatable bonds is 1. The molecule has 0 N–H and O–H groups in total. The normalized spacial score (nSPS) is 51.1. The van der Waals surface area contributed by atoms with Crippen molar-refractivity contribution in [3.63, 3.8) is 0 Å². The van der Waals surface area contributed by atoms with Crippen molar-refractivity contribution in [2.75, 3.05) is 6.61 Å². The van der Waals surface area contributed by atoms with Gasteiger partial charge in [-0.3, -0.25) is 4.79 Å². The Morgan fingerprint density at radius 1 is 1.14 bits per heavy atom. The Morgan fingerprint density at radius 2 is 1.82 bits per heavy atom. The van der Waals surface area contributed by atoms with Crippen molar-refractivity contribution in [3.8, 4) is 0 Å². The van der Waals surface area contributed by atoms with Crippen LogP contribution in [0.1, 0.15) is 80.1 Å². The molecular weight excluding hydrogens is 272 g/mol. The van der Waals surface area contributed by atoms with E-state index in [1.165, 1.54) is 25.7 Å². The largest absolute Gasteiger partial charge is 0.377 e. The van der Waals surface area contributed by atoms with Gasteiger partial charge in [-0.15, -0.1) is 0 Å². The molecule has 2 saturated carbocycles. The maximum atomic E-state index is 12.5. The third kappa shape index (κ3) is 2.12. The van der Waals surface area contributed by atoms with Gasteiger partial charge in [-0.25, -0.2) is 0 Å². The quantitative estimate of drug-likeness (QED) is 0.681. The van der Waals surface area contributed by atoms with Gasteiger partial charge in [0, 0.05) is 11.8 Å². The summed E-state index contributed by atoms with van der Waals surface area (Å²) in [4.78, 5) is 12.5. The number of fused-ring (bicyclic) bond motifs is 3. The van der Waals surface area contributed by atoms with Gasteiger partial charge >= 0.3 is 0 Å². The van der Waals surface area contributed by atoms with E-state index in [4.69, 9.17) is 4.74 Å². The minimum Gasteiger partial charge on any atom is -0.377 e. The van der Waals surface area contributed by atoms with E-state index in [0.717, 1.165) is 19.4 Å². The SMILES string of the molecule is CCC1(C)COC2C(C)(CCC3C(C)(C)C(=O)CCC23C)C1. The second kappa shape index (κ2) is 4.82. The first kappa shape index (κ1) is 16.5. The van der Waals surface area contributed by atoms with Crippen LogP contribution in [0.25, 0.3) is 0 Å². The van der Waals surface area contributed by atoms with Crippen LogP contribution in [0.2, 0.25) is 0 Å². The topological polar surface area (TPSA) is 26.3 Å². The zero-order valence-electron chi connectivity index (χ0n) is 15.4. The Kier molecular flexibility index (Phi) is 3.61. The van der Waals surface area contributed by atoms with Crippen LogP contribution < -0.4 is 0 Å². The first-order valence-electron chi connectivity index (χ1n) is 9.22. The molecule has 0 aromatic heterocycles. The predicted octanol–water partition coefficient (Wildman–Crippen LogP) is 5.00. The molecular formula is C20H34O2. The Balaban J connectivity index is 1.95. The van der Waals surface area contributed by atoms with Crippen molar-refractivity contribution in [1.82, 2.24) is 0 Å². The van der Waals surface area contributed by atoms with Crippen molar-refractivity contribution < 1.29 is 9.53 Å². The monoisotopic (exact) mass is 306 g/mol. The zero-order chi connectivity index (χ0) is 16.4. The average molecular weight is 306 g/mol. The van der Waals surface area contributed by atoms with Gasteiger partial charge in [0.05, 0.1) is 12.7 Å². The molecule has 0 bridgehead atoms. The first-order valence-corrected chi connectivity index (χ1v) is 9.22. The molecule has 1 heterocycles. The molecule has 2 heteroatoms. The molecule has 2 nitrogen and oxygen atoms in total. The Hall–Kier alpha value is -0.370. The molecule has 5 unspecified atom stereocenters. The Morgan fingerprint density at radius 3 is 2.45 bits per heavy atom. The maximum Gasteiger partial charge on any atom is 0.138 e. The molecule has 3 fully saturated rings. The lowest BCUT2D eigenvalue weighted by molar-refractivity contribution is -0.239. The minimum absolute atomic E-state index is 0.166. The molecule has 0 aromatic rings. The van der Waals surface area contributed by atoms with Crippen LogP contribution in [-0.2, 0) is 9.53 Å². The van der Waals surface area contributed by atoms with E-state index in [1.807, 2.05) is 0 Å². The van der Waals surface area contributed by atoms with Gasteiger partial charge in [0.1, 0.15) is 5.78 Å². The molecule has 5 atom stereocenters. The number of hydrogen-bond acceptors (Lipinski definition) is 2. The van der Waals surface area contributed by atoms with Crippen LogP contribution in [0.3, 0.4) is 0 Å². The minimum atomic E-state index is -0.177. The standard InChI is InChI=1S/C20H34O2/c1-7-18(4)12-19(5)10-8-14-17(2,3)15(21)9-11-20(14,6)16(19)22-13-18/h14,16H,7-13H2,1-6H3. The highest BCUT2D eigenvalue weighted by Gasteiger charge is 2.63. The van der Waals surface area contributed by atoms with Crippen LogP contribution in [0, 0.1) is 27.6 Å². The number of carbonyl (C=O) groups excluding carboxylic acids is 1. The Bertz CT molecular complexity index is 482. The molecule has 0 aromatic carbocycles. The van der Waals surface area contributed by atoms with Crippen LogP contribution >= 0.6 is 0 Å².